The molecule has 2 aromatic rings. The highest BCUT2D eigenvalue weighted by atomic mass is 19.1. The van der Waals surface area contributed by atoms with E-state index in [4.69, 9.17) is 5.26 Å². The van der Waals surface area contributed by atoms with Crippen molar-refractivity contribution in [3.05, 3.63) is 53.3 Å². The van der Waals surface area contributed by atoms with Crippen LogP contribution in [0.3, 0.4) is 0 Å². The molecule has 0 heterocycles. The molecule has 0 fully saturated rings. The summed E-state index contributed by atoms with van der Waals surface area (Å²) in [5.74, 6) is -0.941. The predicted octanol–water partition coefficient (Wildman–Crippen LogP) is 2.72. The van der Waals surface area contributed by atoms with Crippen molar-refractivity contribution in [3.63, 3.8) is 0 Å². The Balaban J connectivity index is 2.10. The van der Waals surface area contributed by atoms with Gasteiger partial charge in [-0.05, 0) is 35.9 Å². The minimum absolute atomic E-state index is 0.0291. The zero-order valence-electron chi connectivity index (χ0n) is 9.89. The maximum Gasteiger partial charge on any atom is 0.157 e. The number of benzene rings is 2. The van der Waals surface area contributed by atoms with Gasteiger partial charge < -0.3 is 15.5 Å². The van der Waals surface area contributed by atoms with Gasteiger partial charge in [0.05, 0.1) is 5.56 Å². The first-order valence-corrected chi connectivity index (χ1v) is 5.54. The number of aromatic hydroxyl groups is 2. The van der Waals surface area contributed by atoms with Gasteiger partial charge in [0, 0.05) is 12.2 Å². The van der Waals surface area contributed by atoms with Crippen molar-refractivity contribution in [2.24, 2.45) is 0 Å². The Kier molecular flexibility index (Phi) is 3.53. The zero-order valence-corrected chi connectivity index (χ0v) is 9.89. The fraction of sp³-hybridized carbons (Fsp3) is 0.0714. The molecular weight excluding hydrogens is 247 g/mol. The van der Waals surface area contributed by atoms with Crippen LogP contribution in [0.15, 0.2) is 36.4 Å². The van der Waals surface area contributed by atoms with Crippen molar-refractivity contribution in [2.45, 2.75) is 6.54 Å². The van der Waals surface area contributed by atoms with Gasteiger partial charge in [-0.1, -0.05) is 6.07 Å². The van der Waals surface area contributed by atoms with E-state index in [2.05, 4.69) is 5.32 Å². The lowest BCUT2D eigenvalue weighted by molar-refractivity contribution is 0.403. The third-order valence-corrected chi connectivity index (χ3v) is 2.62. The maximum atomic E-state index is 13.1. The average Bonchev–Trinajstić information content (AvgIpc) is 2.41. The molecule has 0 aromatic heterocycles. The topological polar surface area (TPSA) is 76.3 Å². The molecule has 0 unspecified atom stereocenters. The number of nitrogens with one attached hydrogen (secondary N) is 1. The number of hydrogen-bond donors (Lipinski definition) is 3. The van der Waals surface area contributed by atoms with Crippen LogP contribution in [-0.4, -0.2) is 10.2 Å². The SMILES string of the molecule is N#Cc1cc(NCc2ccc(O)c(O)c2)ccc1F. The first-order chi connectivity index (χ1) is 9.10. The Hall–Kier alpha value is -2.74. The van der Waals surface area contributed by atoms with E-state index < -0.39 is 5.82 Å². The largest absolute Gasteiger partial charge is 0.504 e. The lowest BCUT2D eigenvalue weighted by Crippen LogP contribution is -2.00. The summed E-state index contributed by atoms with van der Waals surface area (Å²) in [5.41, 5.74) is 1.32. The standard InChI is InChI=1S/C14H11FN2O2/c15-12-3-2-11(6-10(12)7-16)17-8-9-1-4-13(18)14(19)5-9/h1-6,17-19H,8H2. The van der Waals surface area contributed by atoms with Crippen LogP contribution in [0.4, 0.5) is 10.1 Å². The number of halogens is 1. The van der Waals surface area contributed by atoms with E-state index in [1.54, 1.807) is 12.1 Å². The van der Waals surface area contributed by atoms with Crippen LogP contribution < -0.4 is 5.32 Å². The summed E-state index contributed by atoms with van der Waals surface area (Å²) >= 11 is 0. The van der Waals surface area contributed by atoms with Gasteiger partial charge in [-0.3, -0.25) is 0 Å². The van der Waals surface area contributed by atoms with E-state index in [0.717, 1.165) is 5.56 Å². The Morgan fingerprint density at radius 2 is 1.89 bits per heavy atom. The molecule has 0 radical (unpaired) electrons. The first-order valence-electron chi connectivity index (χ1n) is 5.54. The maximum absolute atomic E-state index is 13.1. The monoisotopic (exact) mass is 258 g/mol. The number of rotatable bonds is 3. The Labute approximate surface area is 109 Å². The summed E-state index contributed by atoms with van der Waals surface area (Å²) in [4.78, 5) is 0. The number of nitriles is 1. The van der Waals surface area contributed by atoms with Crippen LogP contribution in [0.5, 0.6) is 11.5 Å². The third-order valence-electron chi connectivity index (χ3n) is 2.62. The van der Waals surface area contributed by atoms with Crippen LogP contribution in [0.1, 0.15) is 11.1 Å². The molecule has 0 aliphatic carbocycles. The van der Waals surface area contributed by atoms with Gasteiger partial charge in [0.1, 0.15) is 11.9 Å². The van der Waals surface area contributed by atoms with Gasteiger partial charge in [-0.15, -0.1) is 0 Å². The van der Waals surface area contributed by atoms with Crippen molar-refractivity contribution in [3.8, 4) is 17.6 Å². The third kappa shape index (κ3) is 2.93. The first kappa shape index (κ1) is 12.7. The number of phenols is 2. The molecule has 96 valence electrons. The molecule has 0 spiro atoms. The van der Waals surface area contributed by atoms with E-state index in [-0.39, 0.29) is 17.1 Å². The molecule has 4 nitrogen and oxygen atoms in total. The number of hydrogen-bond acceptors (Lipinski definition) is 4. The fourth-order valence-electron chi connectivity index (χ4n) is 1.60. The van der Waals surface area contributed by atoms with E-state index in [9.17, 15) is 14.6 Å². The second-order valence-electron chi connectivity index (χ2n) is 3.98. The average molecular weight is 258 g/mol. The minimum atomic E-state index is -0.560. The normalized spacial score (nSPS) is 9.89. The molecule has 0 atom stereocenters. The van der Waals surface area contributed by atoms with Gasteiger partial charge in [-0.2, -0.15) is 5.26 Å². The summed E-state index contributed by atoms with van der Waals surface area (Å²) in [6.07, 6.45) is 0. The zero-order chi connectivity index (χ0) is 13.8. The van der Waals surface area contributed by atoms with Crippen LogP contribution in [0, 0.1) is 17.1 Å². The van der Waals surface area contributed by atoms with Crippen LogP contribution in [0.2, 0.25) is 0 Å². The Morgan fingerprint density at radius 3 is 2.58 bits per heavy atom. The minimum Gasteiger partial charge on any atom is -0.504 e. The molecule has 0 aliphatic rings. The number of phenolic OH excluding ortho intramolecular Hbond substituents is 2. The highest BCUT2D eigenvalue weighted by Crippen LogP contribution is 2.25. The highest BCUT2D eigenvalue weighted by molar-refractivity contribution is 5.50. The number of nitrogens with zero attached hydrogens (tertiary/aromatic N) is 1. The summed E-state index contributed by atoms with van der Waals surface area (Å²) in [6.45, 7) is 0.379. The molecule has 0 saturated heterocycles. The quantitative estimate of drug-likeness (QED) is 0.740. The molecule has 0 saturated carbocycles. The molecule has 19 heavy (non-hydrogen) atoms. The van der Waals surface area contributed by atoms with E-state index >= 15 is 0 Å². The molecule has 2 rings (SSSR count). The summed E-state index contributed by atoms with van der Waals surface area (Å²) < 4.78 is 13.1. The summed E-state index contributed by atoms with van der Waals surface area (Å²) in [5, 5.41) is 30.2. The van der Waals surface area contributed by atoms with Gasteiger partial charge in [0.25, 0.3) is 0 Å². The van der Waals surface area contributed by atoms with E-state index in [0.29, 0.717) is 12.2 Å². The van der Waals surface area contributed by atoms with Crippen molar-refractivity contribution in [2.75, 3.05) is 5.32 Å². The Bertz CT molecular complexity index is 650. The van der Waals surface area contributed by atoms with E-state index in [1.165, 1.54) is 30.3 Å². The second kappa shape index (κ2) is 5.27. The molecule has 0 bridgehead atoms. The highest BCUT2D eigenvalue weighted by Gasteiger charge is 2.04. The van der Waals surface area contributed by atoms with Gasteiger partial charge in [0.15, 0.2) is 11.5 Å². The van der Waals surface area contributed by atoms with Crippen molar-refractivity contribution < 1.29 is 14.6 Å². The van der Waals surface area contributed by atoms with E-state index in [1.807, 2.05) is 0 Å². The molecule has 2 aromatic carbocycles. The second-order valence-corrected chi connectivity index (χ2v) is 3.98. The molecule has 5 heteroatoms. The van der Waals surface area contributed by atoms with Crippen molar-refractivity contribution in [1.29, 1.82) is 5.26 Å². The predicted molar refractivity (Wildman–Crippen MR) is 68.2 cm³/mol. The lowest BCUT2D eigenvalue weighted by atomic mass is 10.1. The van der Waals surface area contributed by atoms with Gasteiger partial charge >= 0.3 is 0 Å². The van der Waals surface area contributed by atoms with Gasteiger partial charge in [-0.25, -0.2) is 4.39 Å². The molecule has 0 aliphatic heterocycles. The molecule has 3 N–H and O–H groups in total. The Morgan fingerprint density at radius 1 is 1.11 bits per heavy atom. The van der Waals surface area contributed by atoms with Crippen LogP contribution in [-0.2, 0) is 6.54 Å². The smallest absolute Gasteiger partial charge is 0.157 e. The molecule has 0 amide bonds. The fourth-order valence-corrected chi connectivity index (χ4v) is 1.60. The van der Waals surface area contributed by atoms with Crippen molar-refractivity contribution in [1.82, 2.24) is 0 Å². The van der Waals surface area contributed by atoms with Crippen molar-refractivity contribution >= 4 is 5.69 Å². The van der Waals surface area contributed by atoms with Crippen LogP contribution in [0.25, 0.3) is 0 Å². The lowest BCUT2D eigenvalue weighted by Gasteiger charge is -2.08. The molecular formula is C14H11FN2O2. The van der Waals surface area contributed by atoms with Gasteiger partial charge in [0.2, 0.25) is 0 Å². The number of anilines is 1. The van der Waals surface area contributed by atoms with Crippen LogP contribution >= 0.6 is 0 Å². The summed E-state index contributed by atoms with van der Waals surface area (Å²) in [6, 6.07) is 10.4. The summed E-state index contributed by atoms with van der Waals surface area (Å²) in [7, 11) is 0.